The molecule has 0 fully saturated rings. The van der Waals surface area contributed by atoms with Crippen LogP contribution in [0, 0.1) is 0 Å². The summed E-state index contributed by atoms with van der Waals surface area (Å²) in [5, 5.41) is 1.90. The highest BCUT2D eigenvalue weighted by Gasteiger charge is 2.53. The summed E-state index contributed by atoms with van der Waals surface area (Å²) in [5.41, 5.74) is 6.53. The van der Waals surface area contributed by atoms with Gasteiger partial charge >= 0.3 is 0 Å². The van der Waals surface area contributed by atoms with Crippen molar-refractivity contribution < 1.29 is 14.0 Å². The smallest absolute Gasteiger partial charge is 0.181 e. The zero-order valence-electron chi connectivity index (χ0n) is 38.8. The Kier molecular flexibility index (Phi) is 16.3. The number of nitrogens with one attached hydrogen (secondary N) is 2. The zero-order valence-corrected chi connectivity index (χ0v) is 40.3. The summed E-state index contributed by atoms with van der Waals surface area (Å²) in [6.07, 6.45) is 27.2. The molecule has 7 rings (SSSR count). The van der Waals surface area contributed by atoms with Crippen molar-refractivity contribution in [3.05, 3.63) is 136 Å². The molecule has 8 bridgehead atoms. The number of quaternary nitrogens is 1. The van der Waals surface area contributed by atoms with Crippen molar-refractivity contribution in [2.75, 3.05) is 61.0 Å². The third-order valence-electron chi connectivity index (χ3n) is 12.5. The maximum absolute atomic E-state index is 8.00. The van der Waals surface area contributed by atoms with Crippen molar-refractivity contribution in [2.45, 2.75) is 93.8 Å². The Labute approximate surface area is 391 Å². The number of allylic oxidation sites excluding steroid dienone is 4. The van der Waals surface area contributed by atoms with E-state index in [1.165, 1.54) is 64.2 Å². The summed E-state index contributed by atoms with van der Waals surface area (Å²) in [6.45, 7) is 6.89. The Bertz CT molecular complexity index is 2440. The monoisotopic (exact) mass is 903 g/mol. The molecule has 64 heavy (non-hydrogen) atoms. The second-order valence-corrected chi connectivity index (χ2v) is 19.7. The lowest BCUT2D eigenvalue weighted by atomic mass is 9.87. The average Bonchev–Trinajstić information content (AvgIpc) is 4.12. The largest absolute Gasteiger partial charge is 0.494 e. The highest BCUT2D eigenvalue weighted by molar-refractivity contribution is 6.41. The van der Waals surface area contributed by atoms with E-state index in [1.54, 1.807) is 0 Å². The van der Waals surface area contributed by atoms with Gasteiger partial charge in [-0.05, 0) is 117 Å². The lowest BCUT2D eigenvalue weighted by molar-refractivity contribution is -0.890. The van der Waals surface area contributed by atoms with Crippen molar-refractivity contribution in [3.63, 3.8) is 0 Å². The Hall–Kier alpha value is -4.60. The number of nitrogens with zero attached hydrogens (tertiary/aromatic N) is 4. The molecule has 0 amide bonds. The van der Waals surface area contributed by atoms with Crippen LogP contribution in [0.15, 0.2) is 113 Å². The number of rotatable bonds is 23. The van der Waals surface area contributed by atoms with Gasteiger partial charge in [0.2, 0.25) is 0 Å². The molecule has 2 aromatic carbocycles. The first-order chi connectivity index (χ1) is 30.9. The molecule has 0 spiro atoms. The quantitative estimate of drug-likeness (QED) is 0.0337. The average molecular weight is 905 g/mol. The van der Waals surface area contributed by atoms with Crippen LogP contribution in [0.5, 0.6) is 11.5 Å². The van der Waals surface area contributed by atoms with E-state index < -0.39 is 9.87 Å². The van der Waals surface area contributed by atoms with Gasteiger partial charge in [-0.15, -0.1) is 11.6 Å². The maximum atomic E-state index is 8.00. The molecule has 2 atom stereocenters. The molecule has 0 saturated heterocycles. The molecule has 0 saturated carbocycles. The normalized spacial score (nSPS) is 19.2. The molecule has 2 N–H and O–H groups in total. The van der Waals surface area contributed by atoms with Gasteiger partial charge in [0.05, 0.1) is 57.5 Å². The first-order valence-electron chi connectivity index (χ1n) is 23.6. The number of aromatic amines is 2. The van der Waals surface area contributed by atoms with Crippen molar-refractivity contribution in [2.24, 2.45) is 9.98 Å². The topological polar surface area (TPSA) is 78.0 Å². The molecular formula is C54H69Cl2N6O2+. The molecule has 0 aliphatic carbocycles. The second kappa shape index (κ2) is 22.1. The van der Waals surface area contributed by atoms with Gasteiger partial charge in [0.1, 0.15) is 11.5 Å². The lowest BCUT2D eigenvalue weighted by Crippen LogP contribution is -2.42. The number of fused-ring (bicyclic) bond motifs is 6. The predicted molar refractivity (Wildman–Crippen MR) is 270 cm³/mol. The van der Waals surface area contributed by atoms with Crippen LogP contribution >= 0.6 is 23.2 Å². The molecular weight excluding hydrogens is 836 g/mol. The van der Waals surface area contributed by atoms with E-state index in [-0.39, 0.29) is 0 Å². The number of aromatic nitrogens is 2. The fourth-order valence-corrected chi connectivity index (χ4v) is 9.56. The Morgan fingerprint density at radius 3 is 1.97 bits per heavy atom. The van der Waals surface area contributed by atoms with E-state index in [2.05, 4.69) is 86.4 Å². The Balaban J connectivity index is 1.12. The van der Waals surface area contributed by atoms with Crippen LogP contribution in [0.3, 0.4) is 0 Å². The number of halogens is 2. The van der Waals surface area contributed by atoms with Gasteiger partial charge < -0.3 is 28.8 Å². The van der Waals surface area contributed by atoms with Crippen LogP contribution in [0.2, 0.25) is 0 Å². The molecule has 0 radical (unpaired) electrons. The van der Waals surface area contributed by atoms with Crippen LogP contribution in [0.1, 0.15) is 106 Å². The van der Waals surface area contributed by atoms with Crippen molar-refractivity contribution in [1.29, 1.82) is 0 Å². The summed E-state index contributed by atoms with van der Waals surface area (Å²) >= 11 is 15.8. The van der Waals surface area contributed by atoms with Crippen molar-refractivity contribution >= 4 is 52.4 Å². The van der Waals surface area contributed by atoms with E-state index in [1.807, 2.05) is 72.8 Å². The molecule has 2 aromatic heterocycles. The minimum Gasteiger partial charge on any atom is -0.494 e. The molecule has 10 heteroatoms. The second-order valence-electron chi connectivity index (χ2n) is 18.6. The minimum atomic E-state index is -1.41. The third kappa shape index (κ3) is 12.2. The minimum absolute atomic E-state index is 0.632. The van der Waals surface area contributed by atoms with Crippen LogP contribution < -0.4 is 20.2 Å². The third-order valence-corrected chi connectivity index (χ3v) is 13.8. The number of unbranched alkanes of at least 4 members (excludes halogenated alkanes) is 9. The summed E-state index contributed by atoms with van der Waals surface area (Å²) in [7, 11) is 8.85. The first kappa shape index (κ1) is 47.4. The van der Waals surface area contributed by atoms with Crippen molar-refractivity contribution in [1.82, 2.24) is 14.9 Å². The van der Waals surface area contributed by atoms with E-state index in [9.17, 15) is 0 Å². The molecule has 340 valence electrons. The highest BCUT2D eigenvalue weighted by atomic mass is 35.5. The van der Waals surface area contributed by atoms with Gasteiger partial charge in [-0.25, -0.2) is 4.99 Å². The first-order valence-corrected chi connectivity index (χ1v) is 24.4. The van der Waals surface area contributed by atoms with Gasteiger partial charge in [-0.1, -0.05) is 101 Å². The van der Waals surface area contributed by atoms with Gasteiger partial charge in [0.15, 0.2) is 9.87 Å². The number of hydrogen-bond acceptors (Lipinski definition) is 5. The molecule has 4 aromatic rings. The summed E-state index contributed by atoms with van der Waals surface area (Å²) < 4.78 is 13.5. The van der Waals surface area contributed by atoms with Gasteiger partial charge in [-0.3, -0.25) is 4.99 Å². The maximum Gasteiger partial charge on any atom is 0.181 e. The molecule has 5 heterocycles. The fraction of sp³-hybridized carbons (Fsp3) is 0.444. The van der Waals surface area contributed by atoms with E-state index >= 15 is 0 Å². The van der Waals surface area contributed by atoms with E-state index in [4.69, 9.17) is 42.7 Å². The molecule has 2 unspecified atom stereocenters. The number of ether oxygens (including phenoxy) is 2. The summed E-state index contributed by atoms with van der Waals surface area (Å²) in [5.74, 6) is 1.63. The van der Waals surface area contributed by atoms with Crippen molar-refractivity contribution in [3.8, 4) is 11.5 Å². The number of aliphatic imine (C=N–C) groups is 2. The zero-order chi connectivity index (χ0) is 45.0. The molecule has 8 nitrogen and oxygen atoms in total. The molecule has 3 aliphatic rings. The number of benzene rings is 2. The SMILES string of the molecule is CCCCCCCCCCCCOc1ccc(C2=C3C=CC(=N3)C=c3ccc([nH]3)=Cc3ccc([nH]3)C(Cl)(c3ccc(OCCC[N+](C)(C)CCCN(C)C)cc3)C3(Cl)C=CC2=N3)cc1. The predicted octanol–water partition coefficient (Wildman–Crippen LogP) is 10.9. The van der Waals surface area contributed by atoms with E-state index in [0.29, 0.717) is 18.9 Å². The highest BCUT2D eigenvalue weighted by Crippen LogP contribution is 2.53. The van der Waals surface area contributed by atoms with Gasteiger partial charge in [0.25, 0.3) is 0 Å². The van der Waals surface area contributed by atoms with Crippen LogP contribution in [0.25, 0.3) is 17.7 Å². The van der Waals surface area contributed by atoms with Crippen LogP contribution in [-0.2, 0) is 4.87 Å². The lowest BCUT2D eigenvalue weighted by Gasteiger charge is -2.37. The number of alkyl halides is 2. The van der Waals surface area contributed by atoms with Crippen LogP contribution in [0.4, 0.5) is 0 Å². The molecule has 3 aliphatic heterocycles. The summed E-state index contributed by atoms with van der Waals surface area (Å²) in [6, 6.07) is 24.4. The fourth-order valence-electron chi connectivity index (χ4n) is 8.85. The van der Waals surface area contributed by atoms with E-state index in [0.717, 1.165) is 98.7 Å². The number of hydrogen-bond donors (Lipinski definition) is 2. The Morgan fingerprint density at radius 1 is 0.656 bits per heavy atom. The van der Waals surface area contributed by atoms with Crippen LogP contribution in [-0.4, -0.2) is 96.8 Å². The Morgan fingerprint density at radius 2 is 1.28 bits per heavy atom. The number of H-pyrrole nitrogens is 2. The van der Waals surface area contributed by atoms with Gasteiger partial charge in [0, 0.05) is 47.0 Å². The summed E-state index contributed by atoms with van der Waals surface area (Å²) in [4.78, 5) is 17.1. The standard InChI is InChI=1S/C54H69Cl2N6O2/c1-6-7-8-9-10-11-12-13-14-15-37-63-47-26-18-41(19-27-47)52-49-30-24-45(58-49)39-43-22-23-44(57-43)40-46-25-31-51(59-46)54(56,53(55)33-32-50(52)60-53)42-20-28-48(29-21-42)64-38-17-36-62(4,5)35-16-34-61(2)3/h18-33,39-40,57,59H,6-17,34-38H2,1-5H3/q+1. The van der Waals surface area contributed by atoms with Gasteiger partial charge in [-0.2, -0.15) is 0 Å².